The van der Waals surface area contributed by atoms with Crippen LogP contribution in [0.15, 0.2) is 35.0 Å². The van der Waals surface area contributed by atoms with E-state index >= 15 is 0 Å². The van der Waals surface area contributed by atoms with Gasteiger partial charge >= 0.3 is 0 Å². The number of rotatable bonds is 4. The van der Waals surface area contributed by atoms with Gasteiger partial charge in [0.1, 0.15) is 21.7 Å². The molecule has 0 bridgehead atoms. The van der Waals surface area contributed by atoms with E-state index in [0.29, 0.717) is 11.7 Å². The van der Waals surface area contributed by atoms with E-state index in [4.69, 9.17) is 14.0 Å². The maximum Gasteiger partial charge on any atom is 0.269 e. The third kappa shape index (κ3) is 2.85. The Hall–Kier alpha value is -2.25. The smallest absolute Gasteiger partial charge is 0.269 e. The maximum atomic E-state index is 5.65. The Kier molecular flexibility index (Phi) is 3.80. The van der Waals surface area contributed by atoms with Crippen LogP contribution >= 0.6 is 11.3 Å². The van der Waals surface area contributed by atoms with Gasteiger partial charge in [-0.15, -0.1) is 11.3 Å². The molecule has 118 valence electrons. The van der Waals surface area contributed by atoms with Crippen LogP contribution in [0.3, 0.4) is 0 Å². The molecule has 1 aromatic carbocycles. The van der Waals surface area contributed by atoms with Gasteiger partial charge in [0.2, 0.25) is 5.82 Å². The number of nitrogens with zero attached hydrogens (tertiary/aromatic N) is 3. The number of benzene rings is 1. The predicted octanol–water partition coefficient (Wildman–Crippen LogP) is 3.72. The zero-order chi connectivity index (χ0) is 15.6. The zero-order valence-electron chi connectivity index (χ0n) is 12.6. The maximum absolute atomic E-state index is 5.65. The molecule has 4 rings (SSSR count). The van der Waals surface area contributed by atoms with E-state index in [0.717, 1.165) is 40.6 Å². The van der Waals surface area contributed by atoms with Gasteiger partial charge in [-0.3, -0.25) is 0 Å². The molecule has 1 saturated heterocycles. The molecule has 1 aliphatic heterocycles. The lowest BCUT2D eigenvalue weighted by molar-refractivity contribution is 0.111. The summed E-state index contributed by atoms with van der Waals surface area (Å²) in [4.78, 5) is 9.75. The van der Waals surface area contributed by atoms with Gasteiger partial charge in [-0.1, -0.05) is 5.16 Å². The number of hydrogen-bond donors (Lipinski definition) is 0. The first-order valence-electron chi connectivity index (χ1n) is 7.39. The second kappa shape index (κ2) is 6.10. The number of aromatic nitrogens is 3. The average molecular weight is 329 g/mol. The Bertz CT molecular complexity index is 791. The number of hydrogen-bond acceptors (Lipinski definition) is 7. The third-order valence-corrected chi connectivity index (χ3v) is 4.79. The van der Waals surface area contributed by atoms with Gasteiger partial charge in [0.25, 0.3) is 5.89 Å². The largest absolute Gasteiger partial charge is 0.497 e. The van der Waals surface area contributed by atoms with Crippen molar-refractivity contribution in [3.63, 3.8) is 0 Å². The molecule has 0 spiro atoms. The van der Waals surface area contributed by atoms with Gasteiger partial charge in [0.15, 0.2) is 0 Å². The molecule has 23 heavy (non-hydrogen) atoms. The highest BCUT2D eigenvalue weighted by atomic mass is 32.1. The van der Waals surface area contributed by atoms with Crippen LogP contribution in [-0.2, 0) is 4.74 Å². The van der Waals surface area contributed by atoms with Crippen molar-refractivity contribution in [2.45, 2.75) is 18.9 Å². The summed E-state index contributed by atoms with van der Waals surface area (Å²) in [7, 11) is 1.64. The van der Waals surface area contributed by atoms with E-state index in [1.165, 1.54) is 0 Å². The van der Waals surface area contributed by atoms with Crippen LogP contribution < -0.4 is 4.74 Å². The summed E-state index contributed by atoms with van der Waals surface area (Å²) in [6, 6.07) is 7.54. The predicted molar refractivity (Wildman–Crippen MR) is 85.3 cm³/mol. The molecule has 7 heteroatoms. The minimum atomic E-state index is 0.109. The van der Waals surface area contributed by atoms with E-state index in [1.807, 2.05) is 24.3 Å². The lowest BCUT2D eigenvalue weighted by Gasteiger charge is -2.02. The van der Waals surface area contributed by atoms with Crippen molar-refractivity contribution in [3.8, 4) is 27.9 Å². The normalized spacial score (nSPS) is 17.5. The molecule has 1 atom stereocenters. The Labute approximate surface area is 137 Å². The molecule has 2 aromatic heterocycles. The lowest BCUT2D eigenvalue weighted by Crippen LogP contribution is -1.93. The molecule has 0 amide bonds. The van der Waals surface area contributed by atoms with Crippen LogP contribution in [0, 0.1) is 0 Å². The Morgan fingerprint density at radius 3 is 2.87 bits per heavy atom. The summed E-state index contributed by atoms with van der Waals surface area (Å²) in [6.07, 6.45) is 3.99. The number of ether oxygens (including phenoxy) is 2. The molecular weight excluding hydrogens is 314 g/mol. The molecule has 1 unspecified atom stereocenters. The van der Waals surface area contributed by atoms with Crippen LogP contribution in [0.2, 0.25) is 0 Å². The Balaban J connectivity index is 1.57. The van der Waals surface area contributed by atoms with E-state index in [9.17, 15) is 0 Å². The van der Waals surface area contributed by atoms with Crippen molar-refractivity contribution in [2.75, 3.05) is 13.7 Å². The first kappa shape index (κ1) is 14.3. The summed E-state index contributed by atoms with van der Waals surface area (Å²) in [5.41, 5.74) is 0.879. The average Bonchev–Trinajstić information content (AvgIpc) is 3.34. The van der Waals surface area contributed by atoms with Gasteiger partial charge in [-0.25, -0.2) is 4.98 Å². The molecule has 3 heterocycles. The zero-order valence-corrected chi connectivity index (χ0v) is 13.4. The SMILES string of the molecule is COc1ccc(-c2noc(-c3cnc(C4CCCO4)s3)n2)cc1. The van der Waals surface area contributed by atoms with Crippen molar-refractivity contribution in [1.82, 2.24) is 15.1 Å². The summed E-state index contributed by atoms with van der Waals surface area (Å²) in [6.45, 7) is 0.807. The topological polar surface area (TPSA) is 70.3 Å². The molecule has 3 aromatic rings. The highest BCUT2D eigenvalue weighted by Gasteiger charge is 2.22. The highest BCUT2D eigenvalue weighted by Crippen LogP contribution is 2.35. The quantitative estimate of drug-likeness (QED) is 0.726. The molecule has 1 fully saturated rings. The number of methoxy groups -OCH3 is 1. The first-order chi connectivity index (χ1) is 11.3. The van der Waals surface area contributed by atoms with Crippen molar-refractivity contribution >= 4 is 11.3 Å². The van der Waals surface area contributed by atoms with Crippen LogP contribution in [0.25, 0.3) is 22.2 Å². The van der Waals surface area contributed by atoms with Crippen LogP contribution in [0.5, 0.6) is 5.75 Å². The van der Waals surface area contributed by atoms with Crippen molar-refractivity contribution in [2.24, 2.45) is 0 Å². The van der Waals surface area contributed by atoms with E-state index in [-0.39, 0.29) is 6.10 Å². The highest BCUT2D eigenvalue weighted by molar-refractivity contribution is 7.15. The van der Waals surface area contributed by atoms with Gasteiger partial charge in [0, 0.05) is 12.2 Å². The summed E-state index contributed by atoms with van der Waals surface area (Å²) in [5.74, 6) is 1.83. The van der Waals surface area contributed by atoms with Gasteiger partial charge in [-0.2, -0.15) is 4.98 Å². The fourth-order valence-electron chi connectivity index (χ4n) is 2.49. The monoisotopic (exact) mass is 329 g/mol. The molecule has 0 N–H and O–H groups in total. The fourth-order valence-corrected chi connectivity index (χ4v) is 3.41. The first-order valence-corrected chi connectivity index (χ1v) is 8.21. The van der Waals surface area contributed by atoms with Crippen LogP contribution in [-0.4, -0.2) is 28.8 Å². The van der Waals surface area contributed by atoms with Gasteiger partial charge in [-0.05, 0) is 37.1 Å². The molecular formula is C16H15N3O3S. The minimum absolute atomic E-state index is 0.109. The van der Waals surface area contributed by atoms with Gasteiger partial charge in [0.05, 0.1) is 13.3 Å². The molecule has 0 saturated carbocycles. The van der Waals surface area contributed by atoms with Crippen LogP contribution in [0.1, 0.15) is 24.0 Å². The summed E-state index contributed by atoms with van der Waals surface area (Å²) in [5, 5.41) is 5.02. The van der Waals surface area contributed by atoms with Crippen LogP contribution in [0.4, 0.5) is 0 Å². The van der Waals surface area contributed by atoms with E-state index in [2.05, 4.69) is 15.1 Å². The molecule has 1 aliphatic rings. The lowest BCUT2D eigenvalue weighted by atomic mass is 10.2. The third-order valence-electron chi connectivity index (χ3n) is 3.71. The molecule has 0 radical (unpaired) electrons. The van der Waals surface area contributed by atoms with Crippen molar-refractivity contribution in [3.05, 3.63) is 35.5 Å². The number of thiazole rings is 1. The van der Waals surface area contributed by atoms with E-state index < -0.39 is 0 Å². The molecule has 6 nitrogen and oxygen atoms in total. The summed E-state index contributed by atoms with van der Waals surface area (Å²) < 4.78 is 16.2. The Morgan fingerprint density at radius 1 is 1.26 bits per heavy atom. The standard InChI is InChI=1S/C16H15N3O3S/c1-20-11-6-4-10(5-7-11)14-18-15(22-19-14)13-9-17-16(23-13)12-3-2-8-21-12/h4-7,9,12H,2-3,8H2,1H3. The molecule has 0 aliphatic carbocycles. The van der Waals surface area contributed by atoms with Crippen molar-refractivity contribution in [1.29, 1.82) is 0 Å². The van der Waals surface area contributed by atoms with Gasteiger partial charge < -0.3 is 14.0 Å². The second-order valence-corrected chi connectivity index (χ2v) is 6.28. The fraction of sp³-hybridized carbons (Fsp3) is 0.312. The Morgan fingerprint density at radius 2 is 2.13 bits per heavy atom. The van der Waals surface area contributed by atoms with E-state index in [1.54, 1.807) is 24.6 Å². The minimum Gasteiger partial charge on any atom is -0.497 e. The second-order valence-electron chi connectivity index (χ2n) is 5.22. The van der Waals surface area contributed by atoms with Crippen molar-refractivity contribution < 1.29 is 14.0 Å². The summed E-state index contributed by atoms with van der Waals surface area (Å²) >= 11 is 1.55.